The fourth-order valence-electron chi connectivity index (χ4n) is 1.71. The molecule has 0 saturated carbocycles. The predicted octanol–water partition coefficient (Wildman–Crippen LogP) is 6.01. The van der Waals surface area contributed by atoms with E-state index in [1.165, 1.54) is 12.8 Å². The number of hydrogen-bond acceptors (Lipinski definition) is 3. The van der Waals surface area contributed by atoms with Gasteiger partial charge >= 0.3 is 11.9 Å². The van der Waals surface area contributed by atoms with Gasteiger partial charge in [-0.1, -0.05) is 63.1 Å². The third kappa shape index (κ3) is 16.7. The Balaban J connectivity index is 0. The van der Waals surface area contributed by atoms with Crippen molar-refractivity contribution in [2.45, 2.75) is 73.1 Å². The van der Waals surface area contributed by atoms with Gasteiger partial charge in [-0.05, 0) is 46.5 Å². The lowest BCUT2D eigenvalue weighted by atomic mass is 10.1. The molecule has 0 rings (SSSR count). The van der Waals surface area contributed by atoms with Crippen molar-refractivity contribution in [1.29, 1.82) is 0 Å². The number of unbranched alkanes of at least 4 members (excludes halogenated alkanes) is 2. The van der Waals surface area contributed by atoms with Crippen LogP contribution in [0.25, 0.3) is 0 Å². The van der Waals surface area contributed by atoms with Crippen LogP contribution in [0, 0.1) is 0 Å². The Kier molecular flexibility index (Phi) is 19.3. The second-order valence-corrected chi connectivity index (χ2v) is 5.71. The average molecular weight is 365 g/mol. The lowest BCUT2D eigenvalue weighted by Crippen LogP contribution is -2.06. The molecule has 0 fully saturated rings. The molecule has 4 heteroatoms. The maximum Gasteiger partial charge on any atom is 0.333 e. The van der Waals surface area contributed by atoms with Gasteiger partial charge in [0.25, 0.3) is 0 Å². The Morgan fingerprint density at radius 1 is 0.962 bits per heavy atom. The van der Waals surface area contributed by atoms with Gasteiger partial charge in [-0.15, -0.1) is 0 Å². The van der Waals surface area contributed by atoms with E-state index in [1.807, 2.05) is 19.1 Å². The van der Waals surface area contributed by atoms with Crippen molar-refractivity contribution < 1.29 is 19.4 Å². The molecule has 0 aromatic rings. The summed E-state index contributed by atoms with van der Waals surface area (Å²) in [6, 6.07) is 0. The molecule has 0 atom stereocenters. The molecular formula is C22H36O4. The Bertz CT molecular complexity index is 496. The number of rotatable bonds is 11. The molecule has 0 unspecified atom stereocenters. The van der Waals surface area contributed by atoms with E-state index in [4.69, 9.17) is 9.84 Å². The fourth-order valence-corrected chi connectivity index (χ4v) is 1.71. The second kappa shape index (κ2) is 19.2. The fraction of sp³-hybridized carbons (Fsp3) is 0.545. The molecule has 0 bridgehead atoms. The number of carboxylic acid groups (broad SMARTS) is 1. The van der Waals surface area contributed by atoms with E-state index < -0.39 is 5.97 Å². The Morgan fingerprint density at radius 2 is 1.62 bits per heavy atom. The van der Waals surface area contributed by atoms with Gasteiger partial charge < -0.3 is 9.84 Å². The highest BCUT2D eigenvalue weighted by Crippen LogP contribution is 2.04. The minimum Gasteiger partial charge on any atom is -0.478 e. The van der Waals surface area contributed by atoms with Crippen LogP contribution in [0.15, 0.2) is 47.6 Å². The quantitative estimate of drug-likeness (QED) is 0.211. The van der Waals surface area contributed by atoms with Crippen LogP contribution in [0.5, 0.6) is 0 Å². The molecule has 0 spiro atoms. The summed E-state index contributed by atoms with van der Waals surface area (Å²) < 4.78 is 4.98. The maximum atomic E-state index is 11.1. The largest absolute Gasteiger partial charge is 0.478 e. The number of carbonyl (C=O) groups is 2. The molecular weight excluding hydrogens is 328 g/mol. The summed E-state index contributed by atoms with van der Waals surface area (Å²) in [6.07, 6.45) is 17.2. The van der Waals surface area contributed by atoms with Crippen LogP contribution in [0.2, 0.25) is 0 Å². The average Bonchev–Trinajstić information content (AvgIpc) is 2.63. The monoisotopic (exact) mass is 364 g/mol. The van der Waals surface area contributed by atoms with E-state index in [2.05, 4.69) is 26.0 Å². The van der Waals surface area contributed by atoms with E-state index in [0.717, 1.165) is 19.3 Å². The number of hydrogen-bond donors (Lipinski definition) is 1. The Hall–Kier alpha value is -2.10. The third-order valence-corrected chi connectivity index (χ3v) is 3.53. The van der Waals surface area contributed by atoms with Crippen molar-refractivity contribution in [3.05, 3.63) is 47.6 Å². The van der Waals surface area contributed by atoms with Crippen LogP contribution in [0.1, 0.15) is 73.1 Å². The molecule has 0 aliphatic rings. The summed E-state index contributed by atoms with van der Waals surface area (Å²) in [7, 11) is 0. The SMILES string of the molecule is C/C=C(\C)C(=O)OCC/C=C\CC.C/C=C(\CC=CCCCC)C(=O)O. The zero-order valence-corrected chi connectivity index (χ0v) is 17.1. The first-order valence-corrected chi connectivity index (χ1v) is 9.42. The van der Waals surface area contributed by atoms with Gasteiger partial charge in [0.15, 0.2) is 0 Å². The van der Waals surface area contributed by atoms with Crippen molar-refractivity contribution in [2.24, 2.45) is 0 Å². The molecule has 0 heterocycles. The van der Waals surface area contributed by atoms with Crippen LogP contribution >= 0.6 is 0 Å². The van der Waals surface area contributed by atoms with Gasteiger partial charge in [0.05, 0.1) is 6.61 Å². The third-order valence-electron chi connectivity index (χ3n) is 3.53. The van der Waals surface area contributed by atoms with Gasteiger partial charge in [0, 0.05) is 11.1 Å². The number of carboxylic acids is 1. The van der Waals surface area contributed by atoms with Gasteiger partial charge in [0.2, 0.25) is 0 Å². The minimum absolute atomic E-state index is 0.215. The van der Waals surface area contributed by atoms with E-state index in [0.29, 0.717) is 24.2 Å². The highest BCUT2D eigenvalue weighted by molar-refractivity contribution is 5.87. The molecule has 148 valence electrons. The van der Waals surface area contributed by atoms with Gasteiger partial charge in [0.1, 0.15) is 0 Å². The summed E-state index contributed by atoms with van der Waals surface area (Å²) in [5.74, 6) is -1.03. The van der Waals surface area contributed by atoms with Crippen LogP contribution in [-0.2, 0) is 14.3 Å². The van der Waals surface area contributed by atoms with Gasteiger partial charge in [-0.2, -0.15) is 0 Å². The first-order chi connectivity index (χ1) is 12.4. The topological polar surface area (TPSA) is 63.6 Å². The van der Waals surface area contributed by atoms with Crippen LogP contribution in [0.4, 0.5) is 0 Å². The Morgan fingerprint density at radius 3 is 2.12 bits per heavy atom. The summed E-state index contributed by atoms with van der Waals surface area (Å²) in [5.41, 5.74) is 1.13. The molecule has 0 aromatic heterocycles. The van der Waals surface area contributed by atoms with Crippen LogP contribution < -0.4 is 0 Å². The van der Waals surface area contributed by atoms with Crippen molar-refractivity contribution in [3.8, 4) is 0 Å². The van der Waals surface area contributed by atoms with E-state index in [9.17, 15) is 9.59 Å². The van der Waals surface area contributed by atoms with Crippen molar-refractivity contribution in [1.82, 2.24) is 0 Å². The summed E-state index contributed by atoms with van der Waals surface area (Å²) >= 11 is 0. The summed E-state index contributed by atoms with van der Waals surface area (Å²) in [4.78, 5) is 21.6. The number of ether oxygens (including phenoxy) is 1. The number of esters is 1. The summed E-state index contributed by atoms with van der Waals surface area (Å²) in [6.45, 7) is 10.0. The molecule has 4 nitrogen and oxygen atoms in total. The number of allylic oxidation sites excluding steroid dienone is 5. The first kappa shape index (κ1) is 26.1. The van der Waals surface area contributed by atoms with Gasteiger partial charge in [-0.25, -0.2) is 9.59 Å². The Labute approximate surface area is 159 Å². The van der Waals surface area contributed by atoms with Gasteiger partial charge in [-0.3, -0.25) is 0 Å². The predicted molar refractivity (Wildman–Crippen MR) is 109 cm³/mol. The van der Waals surface area contributed by atoms with Crippen LogP contribution in [0.3, 0.4) is 0 Å². The second-order valence-electron chi connectivity index (χ2n) is 5.71. The molecule has 0 saturated heterocycles. The van der Waals surface area contributed by atoms with E-state index in [-0.39, 0.29) is 5.97 Å². The van der Waals surface area contributed by atoms with E-state index >= 15 is 0 Å². The molecule has 0 aromatic carbocycles. The zero-order valence-electron chi connectivity index (χ0n) is 17.1. The first-order valence-electron chi connectivity index (χ1n) is 9.42. The van der Waals surface area contributed by atoms with Crippen molar-refractivity contribution >= 4 is 11.9 Å². The minimum atomic E-state index is -0.817. The lowest BCUT2D eigenvalue weighted by Gasteiger charge is -2.01. The van der Waals surface area contributed by atoms with Crippen molar-refractivity contribution in [2.75, 3.05) is 6.61 Å². The summed E-state index contributed by atoms with van der Waals surface area (Å²) in [5, 5.41) is 8.67. The normalized spacial score (nSPS) is 12.2. The maximum absolute atomic E-state index is 11.1. The molecule has 0 aliphatic heterocycles. The van der Waals surface area contributed by atoms with Crippen molar-refractivity contribution in [3.63, 3.8) is 0 Å². The van der Waals surface area contributed by atoms with Crippen LogP contribution in [-0.4, -0.2) is 23.7 Å². The van der Waals surface area contributed by atoms with E-state index in [1.54, 1.807) is 26.0 Å². The molecule has 0 aliphatic carbocycles. The molecule has 0 radical (unpaired) electrons. The lowest BCUT2D eigenvalue weighted by molar-refractivity contribution is -0.138. The molecule has 1 N–H and O–H groups in total. The molecule has 26 heavy (non-hydrogen) atoms. The highest BCUT2D eigenvalue weighted by Gasteiger charge is 2.02. The zero-order chi connectivity index (χ0) is 20.2. The smallest absolute Gasteiger partial charge is 0.333 e. The standard InChI is InChI=1S/2C11H18O2/c1-4-6-7-8-9-13-11(12)10(3)5-2;1-3-5-6-7-8-9-10(4-2)11(12)13/h5-7H,4,8-9H2,1-3H3;4,7-8H,3,5-6,9H2,1-2H3,(H,12,13)/b7-6-,10-5+;8-7?,10-4+. The molecule has 0 amide bonds. The number of aliphatic carboxylic acids is 1. The number of carbonyl (C=O) groups excluding carboxylic acids is 1. The highest BCUT2D eigenvalue weighted by atomic mass is 16.5.